The van der Waals surface area contributed by atoms with Crippen molar-refractivity contribution in [1.29, 1.82) is 0 Å². The number of ether oxygens (including phenoxy) is 1. The predicted octanol–water partition coefficient (Wildman–Crippen LogP) is 4.09. The van der Waals surface area contributed by atoms with Gasteiger partial charge in [0.05, 0.1) is 33.5 Å². The minimum absolute atomic E-state index is 0.0372. The van der Waals surface area contributed by atoms with E-state index in [1.54, 1.807) is 0 Å². The Morgan fingerprint density at radius 2 is 1.93 bits per heavy atom. The molecule has 0 bridgehead atoms. The van der Waals surface area contributed by atoms with Gasteiger partial charge in [-0.15, -0.1) is 0 Å². The van der Waals surface area contributed by atoms with Gasteiger partial charge in [0.2, 0.25) is 0 Å². The lowest BCUT2D eigenvalue weighted by Crippen LogP contribution is -2.14. The molecule has 0 radical (unpaired) electrons. The number of sulfonamides is 1. The van der Waals surface area contributed by atoms with E-state index in [2.05, 4.69) is 14.6 Å². The Balaban J connectivity index is 1.99. The lowest BCUT2D eigenvalue weighted by molar-refractivity contribution is -0.137. The van der Waals surface area contributed by atoms with Crippen molar-refractivity contribution in [2.45, 2.75) is 11.1 Å². The van der Waals surface area contributed by atoms with Gasteiger partial charge in [0.1, 0.15) is 0 Å². The zero-order valence-corrected chi connectivity index (χ0v) is 15.4. The summed E-state index contributed by atoms with van der Waals surface area (Å²) in [6, 6.07) is 5.77. The van der Waals surface area contributed by atoms with Crippen molar-refractivity contribution < 1.29 is 35.6 Å². The van der Waals surface area contributed by atoms with Crippen molar-refractivity contribution in [1.82, 2.24) is 5.16 Å². The molecule has 28 heavy (non-hydrogen) atoms. The van der Waals surface area contributed by atoms with E-state index in [1.807, 2.05) is 0 Å². The summed E-state index contributed by atoms with van der Waals surface area (Å²) in [5.74, 6) is -1.18. The Morgan fingerprint density at radius 1 is 1.21 bits per heavy atom. The molecule has 0 saturated heterocycles. The summed E-state index contributed by atoms with van der Waals surface area (Å²) in [5.41, 5.74) is -1.08. The summed E-state index contributed by atoms with van der Waals surface area (Å²) in [6.07, 6.45) is -4.63. The number of halogens is 4. The number of nitrogens with zero attached hydrogens (tertiary/aromatic N) is 1. The van der Waals surface area contributed by atoms with E-state index in [1.165, 1.54) is 0 Å². The molecule has 12 heteroatoms. The van der Waals surface area contributed by atoms with Crippen LogP contribution in [-0.2, 0) is 20.9 Å². The number of rotatable bonds is 4. The number of carbonyl (C=O) groups excluding carboxylic acids is 1. The zero-order valence-electron chi connectivity index (χ0n) is 13.9. The molecule has 0 aliphatic heterocycles. The lowest BCUT2D eigenvalue weighted by Gasteiger charge is -2.09. The number of benzene rings is 2. The fraction of sp³-hybridized carbons (Fsp3) is 0.125. The molecule has 1 heterocycles. The molecule has 2 aromatic carbocycles. The third kappa shape index (κ3) is 3.76. The van der Waals surface area contributed by atoms with E-state index in [0.29, 0.717) is 0 Å². The molecule has 1 aromatic heterocycles. The average Bonchev–Trinajstić information content (AvgIpc) is 3.02. The minimum atomic E-state index is -4.63. The van der Waals surface area contributed by atoms with E-state index in [0.717, 1.165) is 43.5 Å². The van der Waals surface area contributed by atoms with Crippen molar-refractivity contribution in [3.8, 4) is 0 Å². The Bertz CT molecular complexity index is 1170. The molecule has 148 valence electrons. The van der Waals surface area contributed by atoms with E-state index >= 15 is 0 Å². The van der Waals surface area contributed by atoms with Crippen molar-refractivity contribution in [2.24, 2.45) is 0 Å². The Labute approximate surface area is 161 Å². The molecule has 3 aromatic rings. The largest absolute Gasteiger partial charge is 0.465 e. The number of methoxy groups -OCH3 is 1. The highest BCUT2D eigenvalue weighted by molar-refractivity contribution is 7.92. The molecule has 0 saturated carbocycles. The molecule has 0 aliphatic rings. The second-order valence-electron chi connectivity index (χ2n) is 5.48. The van der Waals surface area contributed by atoms with Gasteiger partial charge in [-0.05, 0) is 36.4 Å². The summed E-state index contributed by atoms with van der Waals surface area (Å²) in [6.45, 7) is 0. The summed E-state index contributed by atoms with van der Waals surface area (Å²) < 4.78 is 75.2. The number of alkyl halides is 3. The maximum Gasteiger partial charge on any atom is 0.416 e. The number of anilines is 1. The van der Waals surface area contributed by atoms with Crippen molar-refractivity contribution >= 4 is 44.4 Å². The normalized spacial score (nSPS) is 12.2. The standard InChI is InChI=1S/C16H10ClF3N2O5S/c1-26-15(23)10-4-3-9(7-12(10)17)28(24,25)22-14-11-6-8(16(18,19)20)2-5-13(11)27-21-14/h2-7H,1H3,(H,21,22). The number of hydrogen-bond donors (Lipinski definition) is 1. The number of fused-ring (bicyclic) bond motifs is 1. The Hall–Kier alpha value is -2.79. The van der Waals surface area contributed by atoms with Gasteiger partial charge in [0, 0.05) is 0 Å². The quantitative estimate of drug-likeness (QED) is 0.621. The van der Waals surface area contributed by atoms with E-state index < -0.39 is 33.6 Å². The molecular formula is C16H10ClF3N2O5S. The Morgan fingerprint density at radius 3 is 2.54 bits per heavy atom. The van der Waals surface area contributed by atoms with Crippen molar-refractivity contribution in [2.75, 3.05) is 11.8 Å². The monoisotopic (exact) mass is 434 g/mol. The van der Waals surface area contributed by atoms with Crippen LogP contribution in [0.3, 0.4) is 0 Å². The van der Waals surface area contributed by atoms with Crippen LogP contribution in [0.25, 0.3) is 11.0 Å². The fourth-order valence-corrected chi connectivity index (χ4v) is 3.68. The first-order chi connectivity index (χ1) is 13.0. The van der Waals surface area contributed by atoms with E-state index in [4.69, 9.17) is 16.1 Å². The predicted molar refractivity (Wildman–Crippen MR) is 92.6 cm³/mol. The van der Waals surface area contributed by atoms with Gasteiger partial charge in [-0.2, -0.15) is 13.2 Å². The first kappa shape index (κ1) is 20.0. The van der Waals surface area contributed by atoms with Crippen LogP contribution in [0.4, 0.5) is 19.0 Å². The highest BCUT2D eigenvalue weighted by Gasteiger charge is 2.31. The maximum absolute atomic E-state index is 12.9. The maximum atomic E-state index is 12.9. The van der Waals surface area contributed by atoms with E-state index in [-0.39, 0.29) is 26.5 Å². The molecular weight excluding hydrogens is 425 g/mol. The summed E-state index contributed by atoms with van der Waals surface area (Å²) in [4.78, 5) is 11.2. The average molecular weight is 435 g/mol. The smallest absolute Gasteiger partial charge is 0.416 e. The number of carbonyl (C=O) groups is 1. The molecule has 0 atom stereocenters. The fourth-order valence-electron chi connectivity index (χ4n) is 2.31. The molecule has 7 nitrogen and oxygen atoms in total. The van der Waals surface area contributed by atoms with Gasteiger partial charge >= 0.3 is 12.1 Å². The van der Waals surface area contributed by atoms with Gasteiger partial charge in [0.15, 0.2) is 11.4 Å². The van der Waals surface area contributed by atoms with Crippen LogP contribution in [0.1, 0.15) is 15.9 Å². The first-order valence-electron chi connectivity index (χ1n) is 7.40. The third-order valence-electron chi connectivity index (χ3n) is 3.68. The second-order valence-corrected chi connectivity index (χ2v) is 7.57. The van der Waals surface area contributed by atoms with Gasteiger partial charge in [0.25, 0.3) is 10.0 Å². The number of nitrogens with one attached hydrogen (secondary N) is 1. The Kier molecular flexibility index (Phi) is 4.98. The molecule has 0 aliphatic carbocycles. The van der Waals surface area contributed by atoms with Gasteiger partial charge < -0.3 is 9.26 Å². The number of esters is 1. The van der Waals surface area contributed by atoms with Crippen LogP contribution in [0.15, 0.2) is 45.8 Å². The summed E-state index contributed by atoms with van der Waals surface area (Å²) >= 11 is 5.90. The highest BCUT2D eigenvalue weighted by Crippen LogP contribution is 2.34. The first-order valence-corrected chi connectivity index (χ1v) is 9.26. The van der Waals surface area contributed by atoms with Crippen LogP contribution in [0.5, 0.6) is 0 Å². The topological polar surface area (TPSA) is 98.5 Å². The lowest BCUT2D eigenvalue weighted by atomic mass is 10.1. The van der Waals surface area contributed by atoms with Crippen LogP contribution < -0.4 is 4.72 Å². The van der Waals surface area contributed by atoms with Crippen LogP contribution in [-0.4, -0.2) is 26.7 Å². The van der Waals surface area contributed by atoms with Gasteiger partial charge in [-0.1, -0.05) is 16.8 Å². The molecule has 1 N–H and O–H groups in total. The SMILES string of the molecule is COC(=O)c1ccc(S(=O)(=O)Nc2noc3ccc(C(F)(F)F)cc23)cc1Cl. The van der Waals surface area contributed by atoms with Crippen LogP contribution >= 0.6 is 11.6 Å². The van der Waals surface area contributed by atoms with Crippen LogP contribution in [0, 0.1) is 0 Å². The van der Waals surface area contributed by atoms with Crippen molar-refractivity contribution in [3.63, 3.8) is 0 Å². The number of aromatic nitrogens is 1. The van der Waals surface area contributed by atoms with Gasteiger partial charge in [-0.3, -0.25) is 4.72 Å². The third-order valence-corrected chi connectivity index (χ3v) is 5.33. The molecule has 0 unspecified atom stereocenters. The zero-order chi connectivity index (χ0) is 20.7. The second kappa shape index (κ2) is 6.99. The molecule has 0 spiro atoms. The van der Waals surface area contributed by atoms with Crippen LogP contribution in [0.2, 0.25) is 5.02 Å². The van der Waals surface area contributed by atoms with Crippen molar-refractivity contribution in [3.05, 3.63) is 52.5 Å². The van der Waals surface area contributed by atoms with Gasteiger partial charge in [-0.25, -0.2) is 13.2 Å². The summed E-state index contributed by atoms with van der Waals surface area (Å²) in [7, 11) is -3.15. The highest BCUT2D eigenvalue weighted by atomic mass is 35.5. The molecule has 0 amide bonds. The number of hydrogen-bond acceptors (Lipinski definition) is 6. The van der Waals surface area contributed by atoms with E-state index in [9.17, 15) is 26.4 Å². The minimum Gasteiger partial charge on any atom is -0.465 e. The molecule has 3 rings (SSSR count). The molecule has 0 fully saturated rings. The summed E-state index contributed by atoms with van der Waals surface area (Å²) in [5, 5.41) is 3.12.